The van der Waals surface area contributed by atoms with Gasteiger partial charge in [0.15, 0.2) is 0 Å². The zero-order chi connectivity index (χ0) is 19.3. The molecular formula is C17H22N4O5. The van der Waals surface area contributed by atoms with Crippen LogP contribution in [0.5, 0.6) is 11.5 Å². The van der Waals surface area contributed by atoms with Crippen molar-refractivity contribution in [3.8, 4) is 11.5 Å². The molecule has 1 amide bonds. The third-order valence-electron chi connectivity index (χ3n) is 3.98. The number of nitrogens with two attached hydrogens (primary N) is 1. The fraction of sp³-hybridized carbons (Fsp3) is 0.353. The van der Waals surface area contributed by atoms with E-state index in [0.29, 0.717) is 11.3 Å². The Morgan fingerprint density at radius 2 is 2.08 bits per heavy atom. The van der Waals surface area contributed by atoms with Gasteiger partial charge in [0.05, 0.1) is 18.1 Å². The molecule has 0 fully saturated rings. The molecule has 9 nitrogen and oxygen atoms in total. The number of nitrogens with one attached hydrogen (secondary N) is 1. The summed E-state index contributed by atoms with van der Waals surface area (Å²) in [6.45, 7) is 1.97. The van der Waals surface area contributed by atoms with Crippen molar-refractivity contribution in [3.05, 3.63) is 42.0 Å². The molecule has 0 aliphatic rings. The minimum absolute atomic E-state index is 0.0208. The Hall–Kier alpha value is -3.07. The van der Waals surface area contributed by atoms with E-state index in [1.807, 2.05) is 6.92 Å². The number of imidazole rings is 1. The summed E-state index contributed by atoms with van der Waals surface area (Å²) in [6, 6.07) is 2.93. The molecule has 2 unspecified atom stereocenters. The number of carboxylic acid groups (broad SMARTS) is 1. The minimum Gasteiger partial charge on any atom is -0.508 e. The first-order valence-corrected chi connectivity index (χ1v) is 8.08. The maximum Gasteiger partial charge on any atom is 0.326 e. The maximum absolute atomic E-state index is 11.6. The smallest absolute Gasteiger partial charge is 0.326 e. The molecular weight excluding hydrogens is 340 g/mol. The van der Waals surface area contributed by atoms with Gasteiger partial charge in [-0.25, -0.2) is 9.78 Å². The summed E-state index contributed by atoms with van der Waals surface area (Å²) < 4.78 is 1.71. The highest BCUT2D eigenvalue weighted by Crippen LogP contribution is 2.30. The summed E-state index contributed by atoms with van der Waals surface area (Å²) in [5.74, 6) is -1.68. The fourth-order valence-corrected chi connectivity index (χ4v) is 2.55. The van der Waals surface area contributed by atoms with E-state index in [1.54, 1.807) is 16.8 Å². The number of aromatic hydroxyl groups is 2. The highest BCUT2D eigenvalue weighted by molar-refractivity contribution is 5.83. The molecule has 0 radical (unpaired) electrons. The van der Waals surface area contributed by atoms with Gasteiger partial charge < -0.3 is 30.9 Å². The van der Waals surface area contributed by atoms with Crippen LogP contribution in [0.3, 0.4) is 0 Å². The molecule has 0 aliphatic heterocycles. The molecule has 0 bridgehead atoms. The van der Waals surface area contributed by atoms with Crippen LogP contribution in [0.15, 0.2) is 30.7 Å². The van der Waals surface area contributed by atoms with E-state index in [1.165, 1.54) is 18.5 Å². The van der Waals surface area contributed by atoms with Crippen LogP contribution in [0.4, 0.5) is 0 Å². The van der Waals surface area contributed by atoms with Crippen molar-refractivity contribution >= 4 is 11.9 Å². The van der Waals surface area contributed by atoms with E-state index in [4.69, 9.17) is 5.73 Å². The highest BCUT2D eigenvalue weighted by atomic mass is 16.4. The van der Waals surface area contributed by atoms with E-state index in [-0.39, 0.29) is 36.9 Å². The van der Waals surface area contributed by atoms with Crippen molar-refractivity contribution in [2.75, 3.05) is 6.54 Å². The second kappa shape index (κ2) is 8.34. The Bertz CT molecular complexity index is 789. The number of hydrogen-bond donors (Lipinski definition) is 5. The third kappa shape index (κ3) is 4.73. The van der Waals surface area contributed by atoms with Crippen molar-refractivity contribution in [3.63, 3.8) is 0 Å². The van der Waals surface area contributed by atoms with Gasteiger partial charge in [0.25, 0.3) is 0 Å². The Morgan fingerprint density at radius 1 is 1.35 bits per heavy atom. The lowest BCUT2D eigenvalue weighted by Crippen LogP contribution is -2.42. The summed E-state index contributed by atoms with van der Waals surface area (Å²) >= 11 is 0. The van der Waals surface area contributed by atoms with Crippen LogP contribution in [0, 0.1) is 0 Å². The average molecular weight is 362 g/mol. The maximum atomic E-state index is 11.6. The molecule has 1 heterocycles. The number of carbonyl (C=O) groups excluding carboxylic acids is 1. The van der Waals surface area contributed by atoms with E-state index in [2.05, 4.69) is 10.3 Å². The molecule has 2 atom stereocenters. The van der Waals surface area contributed by atoms with Crippen LogP contribution in [0.1, 0.15) is 30.6 Å². The Labute approximate surface area is 150 Å². The summed E-state index contributed by atoms with van der Waals surface area (Å²) in [5, 5.41) is 31.0. The van der Waals surface area contributed by atoms with Gasteiger partial charge in [-0.3, -0.25) is 4.79 Å². The van der Waals surface area contributed by atoms with E-state index in [0.717, 1.165) is 0 Å². The standard InChI is InChI=1S/C17H22N4O5/c1-10(13-3-2-12(22)7-15(13)23)21-8-11(19-9-21)6-14(17(25)26)20-16(24)4-5-18/h2-3,7-10,14,22-23H,4-6,18H2,1H3,(H,20,24)(H,25,26). The van der Waals surface area contributed by atoms with Gasteiger partial charge in [-0.15, -0.1) is 0 Å². The number of nitrogens with zero attached hydrogens (tertiary/aromatic N) is 2. The summed E-state index contributed by atoms with van der Waals surface area (Å²) in [5.41, 5.74) is 6.35. The van der Waals surface area contributed by atoms with Gasteiger partial charge in [-0.05, 0) is 19.1 Å². The van der Waals surface area contributed by atoms with Crippen molar-refractivity contribution in [1.82, 2.24) is 14.9 Å². The SMILES string of the molecule is CC(c1ccc(O)cc1O)n1cnc(CC(NC(=O)CCN)C(=O)O)c1. The predicted octanol–water partition coefficient (Wildman–Crippen LogP) is 0.364. The van der Waals surface area contributed by atoms with E-state index >= 15 is 0 Å². The van der Waals surface area contributed by atoms with Crippen LogP contribution in [0.25, 0.3) is 0 Å². The monoisotopic (exact) mass is 362 g/mol. The fourth-order valence-electron chi connectivity index (χ4n) is 2.55. The normalized spacial score (nSPS) is 13.2. The summed E-state index contributed by atoms with van der Waals surface area (Å²) in [7, 11) is 0. The van der Waals surface area contributed by atoms with Crippen LogP contribution < -0.4 is 11.1 Å². The molecule has 140 valence electrons. The van der Waals surface area contributed by atoms with Gasteiger partial charge in [0, 0.05) is 37.2 Å². The van der Waals surface area contributed by atoms with Crippen LogP contribution in [-0.4, -0.2) is 49.3 Å². The zero-order valence-corrected chi connectivity index (χ0v) is 14.3. The number of benzene rings is 1. The second-order valence-corrected chi connectivity index (χ2v) is 5.93. The summed E-state index contributed by atoms with van der Waals surface area (Å²) in [4.78, 5) is 27.1. The number of phenols is 2. The van der Waals surface area contributed by atoms with E-state index < -0.39 is 17.9 Å². The number of carboxylic acids is 1. The number of rotatable bonds is 8. The minimum atomic E-state index is -1.16. The summed E-state index contributed by atoms with van der Waals surface area (Å²) in [6.07, 6.45) is 3.25. The van der Waals surface area contributed by atoms with Crippen LogP contribution in [-0.2, 0) is 16.0 Å². The zero-order valence-electron chi connectivity index (χ0n) is 14.3. The lowest BCUT2D eigenvalue weighted by atomic mass is 10.1. The number of carbonyl (C=O) groups is 2. The first kappa shape index (κ1) is 19.3. The molecule has 6 N–H and O–H groups in total. The van der Waals surface area contributed by atoms with E-state index in [9.17, 15) is 24.9 Å². The van der Waals surface area contributed by atoms with Crippen LogP contribution in [0.2, 0.25) is 0 Å². The molecule has 0 saturated carbocycles. The average Bonchev–Trinajstić information content (AvgIpc) is 3.02. The quantitative estimate of drug-likeness (QED) is 0.455. The van der Waals surface area contributed by atoms with Gasteiger partial charge >= 0.3 is 5.97 Å². The van der Waals surface area contributed by atoms with Crippen molar-refractivity contribution in [2.45, 2.75) is 31.8 Å². The number of hydrogen-bond acceptors (Lipinski definition) is 6. The van der Waals surface area contributed by atoms with Crippen molar-refractivity contribution in [2.24, 2.45) is 5.73 Å². The van der Waals surface area contributed by atoms with Gasteiger partial charge in [0.2, 0.25) is 5.91 Å². The third-order valence-corrected chi connectivity index (χ3v) is 3.98. The first-order valence-electron chi connectivity index (χ1n) is 8.08. The molecule has 0 saturated heterocycles. The largest absolute Gasteiger partial charge is 0.508 e. The lowest BCUT2D eigenvalue weighted by Gasteiger charge is -2.15. The topological polar surface area (TPSA) is 151 Å². The van der Waals surface area contributed by atoms with Crippen LogP contribution >= 0.6 is 0 Å². The molecule has 26 heavy (non-hydrogen) atoms. The molecule has 1 aromatic carbocycles. The lowest BCUT2D eigenvalue weighted by molar-refractivity contribution is -0.141. The van der Waals surface area contributed by atoms with Gasteiger partial charge in [-0.1, -0.05) is 0 Å². The first-order chi connectivity index (χ1) is 12.3. The molecule has 9 heteroatoms. The van der Waals surface area contributed by atoms with Gasteiger partial charge in [0.1, 0.15) is 17.5 Å². The van der Waals surface area contributed by atoms with Gasteiger partial charge in [-0.2, -0.15) is 0 Å². The Morgan fingerprint density at radius 3 is 2.69 bits per heavy atom. The predicted molar refractivity (Wildman–Crippen MR) is 92.8 cm³/mol. The molecule has 1 aromatic heterocycles. The molecule has 2 rings (SSSR count). The number of phenolic OH excluding ortho intramolecular Hbond substituents is 2. The molecule has 2 aromatic rings. The van der Waals surface area contributed by atoms with Crippen molar-refractivity contribution in [1.29, 1.82) is 0 Å². The number of amides is 1. The Kier molecular flexibility index (Phi) is 6.18. The second-order valence-electron chi connectivity index (χ2n) is 5.93. The highest BCUT2D eigenvalue weighted by Gasteiger charge is 2.22. The molecule has 0 aliphatic carbocycles. The Balaban J connectivity index is 2.12. The van der Waals surface area contributed by atoms with Crippen molar-refractivity contribution < 1.29 is 24.9 Å². The number of aliphatic carboxylic acids is 1. The number of aromatic nitrogens is 2. The molecule has 0 spiro atoms.